The highest BCUT2D eigenvalue weighted by Crippen LogP contribution is 2.38. The number of aliphatic hydroxyl groups excluding tert-OH is 1. The zero-order chi connectivity index (χ0) is 26.5. The molecule has 198 valence electrons. The molecule has 8 nitrogen and oxygen atoms in total. The zero-order valence-corrected chi connectivity index (χ0v) is 21.0. The molecule has 0 aliphatic carbocycles. The smallest absolute Gasteiger partial charge is 0.265 e. The van der Waals surface area contributed by atoms with Gasteiger partial charge in [0.05, 0.1) is 11.3 Å². The van der Waals surface area contributed by atoms with E-state index in [-0.39, 0.29) is 12.6 Å². The number of nitrogens with one attached hydrogen (secondary N) is 3. The fourth-order valence-electron chi connectivity index (χ4n) is 4.53. The number of benzene rings is 2. The average molecular weight is 521 g/mol. The maximum absolute atomic E-state index is 12.8. The highest BCUT2D eigenvalue weighted by Gasteiger charge is 2.19. The Balaban J connectivity index is 1.45. The number of nitrogens with zero attached hydrogens (tertiary/aromatic N) is 3. The fraction of sp³-hybridized carbons (Fsp3) is 0.321. The Hall–Kier alpha value is -3.89. The van der Waals surface area contributed by atoms with Crippen molar-refractivity contribution in [2.45, 2.75) is 38.3 Å². The summed E-state index contributed by atoms with van der Waals surface area (Å²) in [5.74, 6) is 1.54. The number of aromatic nitrogens is 3. The van der Waals surface area contributed by atoms with Crippen LogP contribution in [0.3, 0.4) is 0 Å². The second-order valence-electron chi connectivity index (χ2n) is 9.31. The Morgan fingerprint density at radius 2 is 1.97 bits per heavy atom. The Morgan fingerprint density at radius 3 is 2.79 bits per heavy atom. The standard InChI is InChI=1S/C28H30F2N6O2/c1-17-9-10-19-20(6-2-8-22(19)34-16-24(37)26(29)30)25(17)38-27-21(7-4-13-32-27)23-11-14-33-28(36-23)35-18-5-3-12-31-15-18/h2,4,6-11,13-14,18,24,26,31,34,37H,3,5,12,15-16H2,1H3,(H,33,35,36)/t18-,24?/m0/s1. The highest BCUT2D eigenvalue weighted by atomic mass is 19.3. The molecule has 1 fully saturated rings. The summed E-state index contributed by atoms with van der Waals surface area (Å²) in [6.45, 7) is 3.56. The topological polar surface area (TPSA) is 104 Å². The number of rotatable bonds is 9. The van der Waals surface area contributed by atoms with E-state index in [1.165, 1.54) is 0 Å². The molecule has 4 N–H and O–H groups in total. The summed E-state index contributed by atoms with van der Waals surface area (Å²) < 4.78 is 32.0. The van der Waals surface area contributed by atoms with Gasteiger partial charge in [-0.05, 0) is 56.1 Å². The van der Waals surface area contributed by atoms with Crippen molar-refractivity contribution in [1.29, 1.82) is 0 Å². The first-order valence-corrected chi connectivity index (χ1v) is 12.7. The molecule has 1 aliphatic heterocycles. The first-order valence-electron chi connectivity index (χ1n) is 12.7. The fourth-order valence-corrected chi connectivity index (χ4v) is 4.53. The van der Waals surface area contributed by atoms with Gasteiger partial charge < -0.3 is 25.8 Å². The largest absolute Gasteiger partial charge is 0.437 e. The Kier molecular flexibility index (Phi) is 7.90. The van der Waals surface area contributed by atoms with E-state index in [0.717, 1.165) is 42.3 Å². The molecule has 4 aromatic rings. The summed E-state index contributed by atoms with van der Waals surface area (Å²) in [6, 6.07) is 15.1. The molecule has 0 bridgehead atoms. The van der Waals surface area contributed by atoms with Crippen LogP contribution in [0.4, 0.5) is 20.4 Å². The van der Waals surface area contributed by atoms with Crippen molar-refractivity contribution in [2.24, 2.45) is 0 Å². The van der Waals surface area contributed by atoms with E-state index in [9.17, 15) is 13.9 Å². The normalized spacial score (nSPS) is 16.4. The minimum atomic E-state index is -2.82. The summed E-state index contributed by atoms with van der Waals surface area (Å²) in [4.78, 5) is 13.6. The average Bonchev–Trinajstić information content (AvgIpc) is 2.94. The molecule has 2 aromatic heterocycles. The Labute approximate surface area is 219 Å². The number of fused-ring (bicyclic) bond motifs is 1. The van der Waals surface area contributed by atoms with Crippen molar-refractivity contribution in [3.05, 3.63) is 66.5 Å². The molecule has 0 saturated carbocycles. The molecule has 0 amide bonds. The van der Waals surface area contributed by atoms with E-state index < -0.39 is 12.5 Å². The minimum Gasteiger partial charge on any atom is -0.437 e. The van der Waals surface area contributed by atoms with Gasteiger partial charge in [-0.1, -0.05) is 24.3 Å². The van der Waals surface area contributed by atoms with E-state index in [4.69, 9.17) is 9.72 Å². The lowest BCUT2D eigenvalue weighted by Crippen LogP contribution is -2.38. The van der Waals surface area contributed by atoms with Crippen LogP contribution in [-0.4, -0.2) is 58.3 Å². The molecule has 1 aliphatic rings. The lowest BCUT2D eigenvalue weighted by Gasteiger charge is -2.23. The molecular weight excluding hydrogens is 490 g/mol. The van der Waals surface area contributed by atoms with Gasteiger partial charge in [0.1, 0.15) is 11.9 Å². The molecule has 0 radical (unpaired) electrons. The lowest BCUT2D eigenvalue weighted by atomic mass is 10.0. The zero-order valence-electron chi connectivity index (χ0n) is 21.0. The number of aryl methyl sites for hydroxylation is 1. The van der Waals surface area contributed by atoms with Crippen LogP contribution in [0.1, 0.15) is 18.4 Å². The third-order valence-electron chi connectivity index (χ3n) is 6.53. The van der Waals surface area contributed by atoms with Crippen LogP contribution >= 0.6 is 0 Å². The van der Waals surface area contributed by atoms with Crippen molar-refractivity contribution in [1.82, 2.24) is 20.3 Å². The molecule has 1 saturated heterocycles. The first-order chi connectivity index (χ1) is 18.5. The number of hydrogen-bond donors (Lipinski definition) is 4. The number of pyridine rings is 1. The number of aliphatic hydroxyl groups is 1. The van der Waals surface area contributed by atoms with Gasteiger partial charge in [-0.25, -0.2) is 23.7 Å². The molecule has 2 atom stereocenters. The van der Waals surface area contributed by atoms with Gasteiger partial charge in [0.25, 0.3) is 6.43 Å². The van der Waals surface area contributed by atoms with Gasteiger partial charge in [-0.2, -0.15) is 0 Å². The molecule has 0 spiro atoms. The quantitative estimate of drug-likeness (QED) is 0.245. The third-order valence-corrected chi connectivity index (χ3v) is 6.53. The van der Waals surface area contributed by atoms with Crippen molar-refractivity contribution in [3.63, 3.8) is 0 Å². The maximum atomic E-state index is 12.8. The van der Waals surface area contributed by atoms with Gasteiger partial charge in [0.2, 0.25) is 11.8 Å². The van der Waals surface area contributed by atoms with E-state index in [1.807, 2.05) is 49.4 Å². The van der Waals surface area contributed by atoms with Crippen LogP contribution in [0.15, 0.2) is 60.9 Å². The van der Waals surface area contributed by atoms with Gasteiger partial charge in [-0.3, -0.25) is 0 Å². The number of anilines is 2. The number of alkyl halides is 2. The van der Waals surface area contributed by atoms with E-state index >= 15 is 0 Å². The summed E-state index contributed by atoms with van der Waals surface area (Å²) in [6.07, 6.45) is 0.952. The van der Waals surface area contributed by atoms with Gasteiger partial charge in [0, 0.05) is 48.0 Å². The summed E-state index contributed by atoms with van der Waals surface area (Å²) in [7, 11) is 0. The van der Waals surface area contributed by atoms with Crippen LogP contribution in [0.2, 0.25) is 0 Å². The highest BCUT2D eigenvalue weighted by molar-refractivity contribution is 5.98. The predicted octanol–water partition coefficient (Wildman–Crippen LogP) is 4.99. The van der Waals surface area contributed by atoms with Crippen molar-refractivity contribution >= 4 is 22.4 Å². The van der Waals surface area contributed by atoms with Crippen molar-refractivity contribution in [2.75, 3.05) is 30.3 Å². The van der Waals surface area contributed by atoms with Crippen LogP contribution in [0.25, 0.3) is 22.0 Å². The molecule has 5 rings (SSSR count). The predicted molar refractivity (Wildman–Crippen MR) is 144 cm³/mol. The second kappa shape index (κ2) is 11.7. The number of piperidine rings is 1. The monoisotopic (exact) mass is 520 g/mol. The number of halogens is 2. The minimum absolute atomic E-state index is 0.270. The van der Waals surface area contributed by atoms with E-state index in [0.29, 0.717) is 34.5 Å². The SMILES string of the molecule is Cc1ccc2c(NCC(O)C(F)F)cccc2c1Oc1ncccc1-c1ccnc(N[C@H]2CCCNC2)n1. The van der Waals surface area contributed by atoms with Crippen molar-refractivity contribution in [3.8, 4) is 22.9 Å². The van der Waals surface area contributed by atoms with Crippen LogP contribution in [0.5, 0.6) is 11.6 Å². The third kappa shape index (κ3) is 5.81. The molecule has 10 heteroatoms. The van der Waals surface area contributed by atoms with Crippen LogP contribution < -0.4 is 20.7 Å². The molecule has 3 heterocycles. The summed E-state index contributed by atoms with van der Waals surface area (Å²) in [5.41, 5.74) is 2.90. The molecular formula is C28H30F2N6O2. The molecule has 38 heavy (non-hydrogen) atoms. The van der Waals surface area contributed by atoms with Gasteiger partial charge in [-0.15, -0.1) is 0 Å². The van der Waals surface area contributed by atoms with Crippen LogP contribution in [0, 0.1) is 6.92 Å². The van der Waals surface area contributed by atoms with E-state index in [2.05, 4.69) is 25.9 Å². The first kappa shape index (κ1) is 25.7. The Morgan fingerprint density at radius 1 is 1.08 bits per heavy atom. The summed E-state index contributed by atoms with van der Waals surface area (Å²) >= 11 is 0. The van der Waals surface area contributed by atoms with E-state index in [1.54, 1.807) is 18.5 Å². The van der Waals surface area contributed by atoms with Crippen molar-refractivity contribution < 1.29 is 18.6 Å². The van der Waals surface area contributed by atoms with Crippen LogP contribution in [-0.2, 0) is 0 Å². The molecule has 1 unspecified atom stereocenters. The van der Waals surface area contributed by atoms with Gasteiger partial charge >= 0.3 is 0 Å². The molecule has 2 aromatic carbocycles. The maximum Gasteiger partial charge on any atom is 0.265 e. The number of ether oxygens (including phenoxy) is 1. The lowest BCUT2D eigenvalue weighted by molar-refractivity contribution is 0.00386. The Bertz CT molecular complexity index is 1400. The van der Waals surface area contributed by atoms with Gasteiger partial charge in [0.15, 0.2) is 0 Å². The summed E-state index contributed by atoms with van der Waals surface area (Å²) in [5, 5.41) is 20.8. The number of hydrogen-bond acceptors (Lipinski definition) is 8. The second-order valence-corrected chi connectivity index (χ2v) is 9.31.